The molecule has 1 aromatic carbocycles. The Labute approximate surface area is 103 Å². The lowest BCUT2D eigenvalue weighted by atomic mass is 10.2. The molecule has 6 heteroatoms. The molecule has 96 valence electrons. The van der Waals surface area contributed by atoms with Gasteiger partial charge < -0.3 is 4.74 Å². The van der Waals surface area contributed by atoms with Crippen molar-refractivity contribution in [3.63, 3.8) is 0 Å². The average Bonchev–Trinajstić information content (AvgIpc) is 2.18. The number of nitrogens with zero attached hydrogens (tertiary/aromatic N) is 1. The Morgan fingerprint density at radius 1 is 1.35 bits per heavy atom. The van der Waals surface area contributed by atoms with E-state index in [1.807, 2.05) is 0 Å². The van der Waals surface area contributed by atoms with Gasteiger partial charge in [0.15, 0.2) is 0 Å². The number of alkyl halides is 3. The van der Waals surface area contributed by atoms with Crippen LogP contribution in [-0.4, -0.2) is 31.8 Å². The van der Waals surface area contributed by atoms with Gasteiger partial charge >= 0.3 is 6.18 Å². The number of rotatable bonds is 4. The highest BCUT2D eigenvalue weighted by Gasteiger charge is 2.29. The van der Waals surface area contributed by atoms with Crippen molar-refractivity contribution in [2.75, 3.05) is 20.7 Å². The predicted octanol–water partition coefficient (Wildman–Crippen LogP) is 3.34. The molecule has 0 unspecified atom stereocenters. The summed E-state index contributed by atoms with van der Waals surface area (Å²) in [5.74, 6) is 0.581. The van der Waals surface area contributed by atoms with Crippen molar-refractivity contribution < 1.29 is 17.9 Å². The molecule has 0 aromatic heterocycles. The molecule has 0 saturated heterocycles. The Morgan fingerprint density at radius 3 is 2.47 bits per heavy atom. The Bertz CT molecular complexity index is 381. The van der Waals surface area contributed by atoms with Gasteiger partial charge in [0.05, 0.1) is 13.7 Å². The maximum absolute atomic E-state index is 12.1. The number of hydrogen-bond donors (Lipinski definition) is 0. The van der Waals surface area contributed by atoms with Crippen molar-refractivity contribution in [3.05, 3.63) is 28.8 Å². The molecule has 0 spiro atoms. The highest BCUT2D eigenvalue weighted by Crippen LogP contribution is 2.24. The first-order valence-electron chi connectivity index (χ1n) is 4.89. The van der Waals surface area contributed by atoms with Crippen molar-refractivity contribution in [2.45, 2.75) is 12.7 Å². The molecule has 0 aliphatic carbocycles. The van der Waals surface area contributed by atoms with Crippen molar-refractivity contribution in [1.29, 1.82) is 0 Å². The Kier molecular flexibility index (Phi) is 4.65. The van der Waals surface area contributed by atoms with Crippen LogP contribution in [0.4, 0.5) is 13.2 Å². The first-order valence-corrected chi connectivity index (χ1v) is 5.27. The van der Waals surface area contributed by atoms with Gasteiger partial charge in [-0.25, -0.2) is 0 Å². The second-order valence-electron chi connectivity index (χ2n) is 3.74. The molecule has 0 aliphatic rings. The van der Waals surface area contributed by atoms with Crippen molar-refractivity contribution in [1.82, 2.24) is 4.90 Å². The van der Waals surface area contributed by atoms with E-state index in [0.29, 0.717) is 16.3 Å². The average molecular weight is 268 g/mol. The SMILES string of the molecule is COc1ccc(CN(C)CC(F)(F)F)c(Cl)c1. The molecule has 0 heterocycles. The Balaban J connectivity index is 2.68. The quantitative estimate of drug-likeness (QED) is 0.830. The van der Waals surface area contributed by atoms with Crippen LogP contribution in [0.15, 0.2) is 18.2 Å². The third-order valence-electron chi connectivity index (χ3n) is 2.15. The maximum Gasteiger partial charge on any atom is 0.401 e. The molecule has 0 aliphatic heterocycles. The van der Waals surface area contributed by atoms with Crippen LogP contribution in [0.5, 0.6) is 5.75 Å². The minimum absolute atomic E-state index is 0.141. The predicted molar refractivity (Wildman–Crippen MR) is 60.4 cm³/mol. The van der Waals surface area contributed by atoms with E-state index in [0.717, 1.165) is 4.90 Å². The summed E-state index contributed by atoms with van der Waals surface area (Å²) >= 11 is 5.94. The van der Waals surface area contributed by atoms with Crippen molar-refractivity contribution >= 4 is 11.6 Å². The summed E-state index contributed by atoms with van der Waals surface area (Å²) < 4.78 is 41.4. The minimum atomic E-state index is -4.20. The lowest BCUT2D eigenvalue weighted by Gasteiger charge is -2.19. The summed E-state index contributed by atoms with van der Waals surface area (Å²) in [6, 6.07) is 4.91. The molecular weight excluding hydrogens is 255 g/mol. The zero-order valence-electron chi connectivity index (χ0n) is 9.51. The van der Waals surface area contributed by atoms with Gasteiger partial charge in [-0.1, -0.05) is 17.7 Å². The zero-order chi connectivity index (χ0) is 13.1. The standard InChI is InChI=1S/C11H13ClF3NO/c1-16(7-11(13,14)15)6-8-3-4-9(17-2)5-10(8)12/h3-5H,6-7H2,1-2H3. The fourth-order valence-electron chi connectivity index (χ4n) is 1.44. The van der Waals surface area contributed by atoms with Gasteiger partial charge in [-0.3, -0.25) is 4.90 Å². The van der Waals surface area contributed by atoms with Crippen LogP contribution in [0.3, 0.4) is 0 Å². The van der Waals surface area contributed by atoms with E-state index in [4.69, 9.17) is 16.3 Å². The van der Waals surface area contributed by atoms with Crippen LogP contribution in [0.2, 0.25) is 5.02 Å². The molecule has 0 atom stereocenters. The largest absolute Gasteiger partial charge is 0.497 e. The van der Waals surface area contributed by atoms with E-state index in [1.54, 1.807) is 18.2 Å². The van der Waals surface area contributed by atoms with E-state index in [9.17, 15) is 13.2 Å². The lowest BCUT2D eigenvalue weighted by molar-refractivity contribution is -0.144. The molecule has 0 N–H and O–H groups in total. The summed E-state index contributed by atoms with van der Waals surface area (Å²) in [6.45, 7) is -0.822. The fourth-order valence-corrected chi connectivity index (χ4v) is 1.67. The van der Waals surface area contributed by atoms with Crippen LogP contribution in [-0.2, 0) is 6.54 Å². The topological polar surface area (TPSA) is 12.5 Å². The summed E-state index contributed by atoms with van der Waals surface area (Å²) in [4.78, 5) is 1.16. The van der Waals surface area contributed by atoms with Gasteiger partial charge in [-0.05, 0) is 24.7 Å². The van der Waals surface area contributed by atoms with E-state index >= 15 is 0 Å². The third kappa shape index (κ3) is 4.83. The molecule has 0 fully saturated rings. The monoisotopic (exact) mass is 267 g/mol. The molecular formula is C11H13ClF3NO. The molecule has 2 nitrogen and oxygen atoms in total. The molecule has 1 aromatic rings. The maximum atomic E-state index is 12.1. The second-order valence-corrected chi connectivity index (χ2v) is 4.15. The molecule has 0 amide bonds. The summed E-state index contributed by atoms with van der Waals surface area (Å²) in [6.07, 6.45) is -4.20. The highest BCUT2D eigenvalue weighted by molar-refractivity contribution is 6.31. The number of methoxy groups -OCH3 is 1. The smallest absolute Gasteiger partial charge is 0.401 e. The van der Waals surface area contributed by atoms with Crippen molar-refractivity contribution in [2.24, 2.45) is 0 Å². The van der Waals surface area contributed by atoms with Crippen LogP contribution in [0, 0.1) is 0 Å². The van der Waals surface area contributed by atoms with Crippen LogP contribution < -0.4 is 4.74 Å². The lowest BCUT2D eigenvalue weighted by Crippen LogP contribution is -2.30. The third-order valence-corrected chi connectivity index (χ3v) is 2.50. The van der Waals surface area contributed by atoms with Gasteiger partial charge in [0, 0.05) is 11.6 Å². The number of halogens is 4. The van der Waals surface area contributed by atoms with Gasteiger partial charge in [0.1, 0.15) is 5.75 Å². The second kappa shape index (κ2) is 5.60. The first kappa shape index (κ1) is 14.1. The molecule has 0 saturated carbocycles. The molecule has 0 radical (unpaired) electrons. The van der Waals surface area contributed by atoms with Gasteiger partial charge in [-0.15, -0.1) is 0 Å². The Morgan fingerprint density at radius 2 is 2.00 bits per heavy atom. The van der Waals surface area contributed by atoms with Crippen LogP contribution >= 0.6 is 11.6 Å². The molecule has 17 heavy (non-hydrogen) atoms. The fraction of sp³-hybridized carbons (Fsp3) is 0.455. The summed E-state index contributed by atoms with van der Waals surface area (Å²) in [5, 5.41) is 0.401. The van der Waals surface area contributed by atoms with E-state index in [-0.39, 0.29) is 6.54 Å². The van der Waals surface area contributed by atoms with Crippen LogP contribution in [0.1, 0.15) is 5.56 Å². The van der Waals surface area contributed by atoms with Crippen molar-refractivity contribution in [3.8, 4) is 5.75 Å². The zero-order valence-corrected chi connectivity index (χ0v) is 10.3. The highest BCUT2D eigenvalue weighted by atomic mass is 35.5. The van der Waals surface area contributed by atoms with E-state index < -0.39 is 12.7 Å². The molecule has 1 rings (SSSR count). The van der Waals surface area contributed by atoms with E-state index in [2.05, 4.69) is 0 Å². The Hall–Kier alpha value is -0.940. The van der Waals surface area contributed by atoms with Gasteiger partial charge in [-0.2, -0.15) is 13.2 Å². The van der Waals surface area contributed by atoms with Crippen LogP contribution in [0.25, 0.3) is 0 Å². The van der Waals surface area contributed by atoms with Gasteiger partial charge in [0.2, 0.25) is 0 Å². The number of ether oxygens (including phenoxy) is 1. The summed E-state index contributed by atoms with van der Waals surface area (Å²) in [7, 11) is 2.90. The number of hydrogen-bond acceptors (Lipinski definition) is 2. The summed E-state index contributed by atoms with van der Waals surface area (Å²) in [5.41, 5.74) is 0.638. The minimum Gasteiger partial charge on any atom is -0.497 e. The normalized spacial score (nSPS) is 11.9. The first-order chi connectivity index (χ1) is 7.81. The van der Waals surface area contributed by atoms with E-state index in [1.165, 1.54) is 14.2 Å². The molecule has 0 bridgehead atoms. The number of benzene rings is 1. The van der Waals surface area contributed by atoms with Gasteiger partial charge in [0.25, 0.3) is 0 Å².